The van der Waals surface area contributed by atoms with Crippen molar-refractivity contribution < 1.29 is 9.90 Å². The van der Waals surface area contributed by atoms with Crippen LogP contribution in [-0.2, 0) is 4.79 Å². The van der Waals surface area contributed by atoms with Crippen molar-refractivity contribution in [3.63, 3.8) is 0 Å². The van der Waals surface area contributed by atoms with Crippen molar-refractivity contribution in [3.05, 3.63) is 24.3 Å². The Kier molecular flexibility index (Phi) is 5.44. The lowest BCUT2D eigenvalue weighted by Crippen LogP contribution is -2.49. The van der Waals surface area contributed by atoms with Gasteiger partial charge in [0.25, 0.3) is 0 Å². The average Bonchev–Trinajstić information content (AvgIpc) is 3.29. The lowest BCUT2D eigenvalue weighted by Gasteiger charge is -2.40. The molecule has 6 nitrogen and oxygen atoms in total. The van der Waals surface area contributed by atoms with E-state index in [1.165, 1.54) is 25.7 Å². The second-order valence-electron chi connectivity index (χ2n) is 9.74. The number of nitrogens with zero attached hydrogens (tertiary/aromatic N) is 3. The molecule has 4 aliphatic rings. The Bertz CT molecular complexity index is 792. The zero-order chi connectivity index (χ0) is 20.6. The molecular weight excluding hydrogens is 376 g/mol. The van der Waals surface area contributed by atoms with Gasteiger partial charge in [-0.1, -0.05) is 18.9 Å². The third-order valence-corrected chi connectivity index (χ3v) is 7.31. The number of hydrazone groups is 1. The summed E-state index contributed by atoms with van der Waals surface area (Å²) < 4.78 is 0. The first-order chi connectivity index (χ1) is 14.6. The van der Waals surface area contributed by atoms with E-state index >= 15 is 0 Å². The highest BCUT2D eigenvalue weighted by atomic mass is 16.3. The molecule has 1 unspecified atom stereocenters. The second kappa shape index (κ2) is 8.22. The van der Waals surface area contributed by atoms with Gasteiger partial charge in [0.15, 0.2) is 0 Å². The third kappa shape index (κ3) is 4.34. The van der Waals surface area contributed by atoms with E-state index in [2.05, 4.69) is 39.7 Å². The molecule has 1 amide bonds. The molecule has 6 heteroatoms. The minimum absolute atomic E-state index is 0.169. The van der Waals surface area contributed by atoms with Gasteiger partial charge in [0, 0.05) is 43.4 Å². The van der Waals surface area contributed by atoms with Crippen LogP contribution in [0.1, 0.15) is 64.2 Å². The summed E-state index contributed by atoms with van der Waals surface area (Å²) >= 11 is 0. The van der Waals surface area contributed by atoms with Crippen molar-refractivity contribution in [3.8, 4) is 0 Å². The van der Waals surface area contributed by atoms with Gasteiger partial charge < -0.3 is 15.3 Å². The zero-order valence-corrected chi connectivity index (χ0v) is 17.8. The molecule has 1 aromatic carbocycles. The second-order valence-corrected chi connectivity index (χ2v) is 9.74. The topological polar surface area (TPSA) is 68.2 Å². The molecule has 1 aromatic rings. The number of anilines is 2. The van der Waals surface area contributed by atoms with Crippen LogP contribution in [-0.4, -0.2) is 52.9 Å². The number of rotatable bonds is 6. The summed E-state index contributed by atoms with van der Waals surface area (Å²) in [6, 6.07) is 9.28. The Morgan fingerprint density at radius 1 is 1.17 bits per heavy atom. The van der Waals surface area contributed by atoms with Gasteiger partial charge in [-0.15, -0.1) is 0 Å². The minimum Gasteiger partial charge on any atom is -0.390 e. The summed E-state index contributed by atoms with van der Waals surface area (Å²) in [5.74, 6) is 0.564. The molecule has 2 aliphatic heterocycles. The SMILES string of the molecule is O=C(C1CC1)N1CCC(O)(CC2CC=NN2c2cccc(NC3CCCC3)c2)CC1. The predicted octanol–water partition coefficient (Wildman–Crippen LogP) is 3.76. The Morgan fingerprint density at radius 2 is 1.93 bits per heavy atom. The molecule has 0 bridgehead atoms. The molecular formula is C24H34N4O2. The van der Waals surface area contributed by atoms with Crippen molar-refractivity contribution >= 4 is 23.5 Å². The monoisotopic (exact) mass is 410 g/mol. The molecule has 0 spiro atoms. The first-order valence-corrected chi connectivity index (χ1v) is 11.8. The molecule has 0 radical (unpaired) electrons. The van der Waals surface area contributed by atoms with Gasteiger partial charge in [-0.25, -0.2) is 0 Å². The number of piperidine rings is 1. The van der Waals surface area contributed by atoms with Crippen LogP contribution in [0.3, 0.4) is 0 Å². The highest BCUT2D eigenvalue weighted by Crippen LogP contribution is 2.36. The Morgan fingerprint density at radius 3 is 2.67 bits per heavy atom. The number of amides is 1. The molecule has 30 heavy (non-hydrogen) atoms. The maximum Gasteiger partial charge on any atom is 0.225 e. The molecule has 3 fully saturated rings. The summed E-state index contributed by atoms with van der Waals surface area (Å²) in [4.78, 5) is 14.3. The first-order valence-electron chi connectivity index (χ1n) is 11.8. The number of nitrogens with one attached hydrogen (secondary N) is 1. The van der Waals surface area contributed by atoms with Gasteiger partial charge in [-0.3, -0.25) is 9.80 Å². The van der Waals surface area contributed by atoms with E-state index in [1.807, 2.05) is 11.1 Å². The Hall–Kier alpha value is -2.08. The predicted molar refractivity (Wildman–Crippen MR) is 120 cm³/mol. The molecule has 2 N–H and O–H groups in total. The van der Waals surface area contributed by atoms with Crippen LogP contribution in [0.5, 0.6) is 0 Å². The van der Waals surface area contributed by atoms with E-state index < -0.39 is 5.60 Å². The maximum absolute atomic E-state index is 12.3. The number of carbonyl (C=O) groups excluding carboxylic acids is 1. The van der Waals surface area contributed by atoms with Crippen LogP contribution < -0.4 is 10.3 Å². The van der Waals surface area contributed by atoms with E-state index in [9.17, 15) is 9.90 Å². The summed E-state index contributed by atoms with van der Waals surface area (Å²) in [7, 11) is 0. The fourth-order valence-corrected chi connectivity index (χ4v) is 5.32. The number of benzene rings is 1. The fraction of sp³-hybridized carbons (Fsp3) is 0.667. The van der Waals surface area contributed by atoms with Crippen LogP contribution in [0.4, 0.5) is 11.4 Å². The summed E-state index contributed by atoms with van der Waals surface area (Å²) in [6.45, 7) is 1.36. The van der Waals surface area contributed by atoms with Crippen LogP contribution in [0, 0.1) is 5.92 Å². The summed E-state index contributed by atoms with van der Waals surface area (Å²) in [6.07, 6.45) is 12.1. The average molecular weight is 411 g/mol. The van der Waals surface area contributed by atoms with Crippen molar-refractivity contribution in [1.29, 1.82) is 0 Å². The number of aliphatic hydroxyl groups is 1. The molecule has 0 aromatic heterocycles. The number of hydrogen-bond donors (Lipinski definition) is 2. The highest BCUT2D eigenvalue weighted by Gasteiger charge is 2.41. The van der Waals surface area contributed by atoms with E-state index in [4.69, 9.17) is 0 Å². The molecule has 2 heterocycles. The van der Waals surface area contributed by atoms with Gasteiger partial charge in [0.05, 0.1) is 17.3 Å². The standard InChI is InChI=1S/C24H34N4O2/c29-23(18-8-9-18)27-14-11-24(30,12-15-27)17-22-10-13-25-28(22)21-7-3-6-20(16-21)26-19-4-1-2-5-19/h3,6-7,13,16,18-19,22,26,30H,1-2,4-5,8-12,14-15,17H2. The maximum atomic E-state index is 12.3. The highest BCUT2D eigenvalue weighted by molar-refractivity contribution is 5.81. The van der Waals surface area contributed by atoms with Gasteiger partial charge >= 0.3 is 0 Å². The van der Waals surface area contributed by atoms with Crippen LogP contribution in [0.25, 0.3) is 0 Å². The Balaban J connectivity index is 1.21. The fourth-order valence-electron chi connectivity index (χ4n) is 5.32. The van der Waals surface area contributed by atoms with Gasteiger partial charge in [-0.05, 0) is 63.1 Å². The normalized spacial score (nSPS) is 26.4. The van der Waals surface area contributed by atoms with Crippen molar-refractivity contribution in [2.75, 3.05) is 23.4 Å². The smallest absolute Gasteiger partial charge is 0.225 e. The van der Waals surface area contributed by atoms with E-state index in [0.29, 0.717) is 44.3 Å². The van der Waals surface area contributed by atoms with Gasteiger partial charge in [-0.2, -0.15) is 5.10 Å². The molecule has 2 saturated carbocycles. The molecule has 2 aliphatic carbocycles. The molecule has 1 saturated heterocycles. The number of likely N-dealkylation sites (tertiary alicyclic amines) is 1. The van der Waals surface area contributed by atoms with Crippen LogP contribution in [0.2, 0.25) is 0 Å². The third-order valence-electron chi connectivity index (χ3n) is 7.31. The zero-order valence-electron chi connectivity index (χ0n) is 17.8. The van der Waals surface area contributed by atoms with Crippen molar-refractivity contribution in [1.82, 2.24) is 4.90 Å². The lowest BCUT2D eigenvalue weighted by molar-refractivity contribution is -0.137. The molecule has 162 valence electrons. The van der Waals surface area contributed by atoms with Crippen LogP contribution in [0.15, 0.2) is 29.4 Å². The Labute approximate surface area is 179 Å². The molecule has 5 rings (SSSR count). The lowest BCUT2D eigenvalue weighted by atomic mass is 9.84. The van der Waals surface area contributed by atoms with E-state index in [1.54, 1.807) is 0 Å². The van der Waals surface area contributed by atoms with E-state index in [-0.39, 0.29) is 12.0 Å². The largest absolute Gasteiger partial charge is 0.390 e. The quantitative estimate of drug-likeness (QED) is 0.749. The summed E-state index contributed by atoms with van der Waals surface area (Å²) in [5, 5.41) is 21.7. The van der Waals surface area contributed by atoms with Gasteiger partial charge in [0.2, 0.25) is 5.91 Å². The minimum atomic E-state index is -0.712. The number of hydrogen-bond acceptors (Lipinski definition) is 5. The van der Waals surface area contributed by atoms with Gasteiger partial charge in [0.1, 0.15) is 0 Å². The van der Waals surface area contributed by atoms with Crippen molar-refractivity contribution in [2.24, 2.45) is 11.0 Å². The van der Waals surface area contributed by atoms with Crippen molar-refractivity contribution in [2.45, 2.75) is 81.9 Å². The van der Waals surface area contributed by atoms with Crippen LogP contribution >= 0.6 is 0 Å². The summed E-state index contributed by atoms with van der Waals surface area (Å²) in [5.41, 5.74) is 1.53. The molecule has 1 atom stereocenters. The van der Waals surface area contributed by atoms with E-state index in [0.717, 1.165) is 30.6 Å². The number of carbonyl (C=O) groups is 1. The first kappa shape index (κ1) is 19.9.